The molecule has 0 unspecified atom stereocenters. The van der Waals surface area contributed by atoms with E-state index in [9.17, 15) is 13.2 Å². The zero-order chi connectivity index (χ0) is 13.3. The Kier molecular flexibility index (Phi) is 3.13. The lowest BCUT2D eigenvalue weighted by Crippen LogP contribution is -2.11. The summed E-state index contributed by atoms with van der Waals surface area (Å²) in [5.41, 5.74) is 1.28. The summed E-state index contributed by atoms with van der Waals surface area (Å²) >= 11 is 0. The molecule has 1 heterocycles. The minimum absolute atomic E-state index is 0.208. The zero-order valence-electron chi connectivity index (χ0n) is 9.80. The number of aromatic amines is 1. The van der Waals surface area contributed by atoms with Gasteiger partial charge in [0, 0.05) is 16.6 Å². The van der Waals surface area contributed by atoms with Gasteiger partial charge in [-0.05, 0) is 13.0 Å². The Hall–Kier alpha value is -1.82. The van der Waals surface area contributed by atoms with Crippen molar-refractivity contribution in [1.82, 2.24) is 4.98 Å². The third-order valence-corrected chi connectivity index (χ3v) is 4.62. The molecule has 0 saturated carbocycles. The van der Waals surface area contributed by atoms with E-state index in [1.807, 2.05) is 6.07 Å². The normalized spacial score (nSPS) is 11.8. The first kappa shape index (κ1) is 12.6. The van der Waals surface area contributed by atoms with Gasteiger partial charge in [0.2, 0.25) is 0 Å². The number of para-hydroxylation sites is 1. The van der Waals surface area contributed by atoms with Gasteiger partial charge in [0.1, 0.15) is 0 Å². The van der Waals surface area contributed by atoms with Crippen molar-refractivity contribution >= 4 is 26.7 Å². The van der Waals surface area contributed by atoms with Gasteiger partial charge in [-0.1, -0.05) is 18.2 Å². The van der Waals surface area contributed by atoms with Crippen molar-refractivity contribution in [2.75, 3.05) is 5.75 Å². The van der Waals surface area contributed by atoms with Gasteiger partial charge in [-0.15, -0.1) is 0 Å². The van der Waals surface area contributed by atoms with Gasteiger partial charge in [-0.25, -0.2) is 8.42 Å². The molecular weight excluding hydrogens is 254 g/mol. The molecule has 0 aliphatic carbocycles. The van der Waals surface area contributed by atoms with E-state index in [4.69, 9.17) is 5.11 Å². The van der Waals surface area contributed by atoms with Crippen LogP contribution >= 0.6 is 0 Å². The highest BCUT2D eigenvalue weighted by Gasteiger charge is 2.22. The quantitative estimate of drug-likeness (QED) is 0.883. The Balaban J connectivity index is 2.53. The molecule has 0 saturated heterocycles. The van der Waals surface area contributed by atoms with E-state index in [1.165, 1.54) is 0 Å². The molecule has 2 N–H and O–H groups in total. The van der Waals surface area contributed by atoms with Crippen LogP contribution in [0.15, 0.2) is 29.2 Å². The van der Waals surface area contributed by atoms with Crippen molar-refractivity contribution < 1.29 is 18.3 Å². The highest BCUT2D eigenvalue weighted by Crippen LogP contribution is 2.27. The minimum atomic E-state index is -3.58. The lowest BCUT2D eigenvalue weighted by Gasteiger charge is -2.02. The van der Waals surface area contributed by atoms with Crippen molar-refractivity contribution in [1.29, 1.82) is 0 Å². The van der Waals surface area contributed by atoms with E-state index in [0.717, 1.165) is 5.52 Å². The molecule has 0 radical (unpaired) electrons. The lowest BCUT2D eigenvalue weighted by molar-refractivity contribution is -0.136. The fourth-order valence-electron chi connectivity index (χ4n) is 1.98. The molecule has 96 valence electrons. The fraction of sp³-hybridized carbons (Fsp3) is 0.250. The first-order valence-electron chi connectivity index (χ1n) is 5.43. The van der Waals surface area contributed by atoms with Crippen LogP contribution in [-0.2, 0) is 14.6 Å². The average molecular weight is 267 g/mol. The van der Waals surface area contributed by atoms with Gasteiger partial charge in [-0.3, -0.25) is 4.79 Å². The van der Waals surface area contributed by atoms with Gasteiger partial charge in [0.15, 0.2) is 9.84 Å². The molecule has 0 atom stereocenters. The molecule has 1 aromatic carbocycles. The summed E-state index contributed by atoms with van der Waals surface area (Å²) < 4.78 is 24.3. The standard InChI is InChI=1S/C12H13NO4S/c1-8-12(18(16,17)7-6-11(14)15)9-4-2-3-5-10(9)13-8/h2-5,13H,6-7H2,1H3,(H,14,15). The van der Waals surface area contributed by atoms with Crippen molar-refractivity contribution in [2.24, 2.45) is 0 Å². The van der Waals surface area contributed by atoms with E-state index >= 15 is 0 Å². The molecular formula is C12H13NO4S. The molecule has 0 spiro atoms. The molecule has 6 heteroatoms. The van der Waals surface area contributed by atoms with Crippen LogP contribution in [-0.4, -0.2) is 30.2 Å². The first-order chi connectivity index (χ1) is 8.42. The van der Waals surface area contributed by atoms with E-state index in [2.05, 4.69) is 4.98 Å². The highest BCUT2D eigenvalue weighted by molar-refractivity contribution is 7.91. The number of benzene rings is 1. The Morgan fingerprint density at radius 3 is 2.67 bits per heavy atom. The molecule has 0 amide bonds. The van der Waals surface area contributed by atoms with Crippen LogP contribution in [0.4, 0.5) is 0 Å². The highest BCUT2D eigenvalue weighted by atomic mass is 32.2. The molecule has 5 nitrogen and oxygen atoms in total. The Labute approximate surface area is 104 Å². The van der Waals surface area contributed by atoms with Gasteiger partial charge >= 0.3 is 5.97 Å². The number of rotatable bonds is 4. The summed E-state index contributed by atoms with van der Waals surface area (Å²) in [6.07, 6.45) is -0.388. The third kappa shape index (κ3) is 2.24. The first-order valence-corrected chi connectivity index (χ1v) is 7.09. The van der Waals surface area contributed by atoms with Crippen LogP contribution in [0, 0.1) is 6.92 Å². The maximum atomic E-state index is 12.1. The second kappa shape index (κ2) is 4.45. The maximum absolute atomic E-state index is 12.1. The third-order valence-electron chi connectivity index (χ3n) is 2.73. The minimum Gasteiger partial charge on any atom is -0.481 e. The molecule has 0 bridgehead atoms. The van der Waals surface area contributed by atoms with Crippen molar-refractivity contribution in [3.8, 4) is 0 Å². The molecule has 18 heavy (non-hydrogen) atoms. The average Bonchev–Trinajstić information content (AvgIpc) is 2.63. The van der Waals surface area contributed by atoms with Crippen LogP contribution in [0.1, 0.15) is 12.1 Å². The molecule has 2 rings (SSSR count). The summed E-state index contributed by atoms with van der Waals surface area (Å²) in [7, 11) is -3.58. The van der Waals surface area contributed by atoms with Gasteiger partial charge < -0.3 is 10.1 Å². The smallest absolute Gasteiger partial charge is 0.304 e. The summed E-state index contributed by atoms with van der Waals surface area (Å²) in [4.78, 5) is 13.7. The zero-order valence-corrected chi connectivity index (χ0v) is 10.6. The Bertz CT molecular complexity index is 700. The van der Waals surface area contributed by atoms with Crippen molar-refractivity contribution in [3.63, 3.8) is 0 Å². The van der Waals surface area contributed by atoms with Crippen molar-refractivity contribution in [3.05, 3.63) is 30.0 Å². The maximum Gasteiger partial charge on any atom is 0.304 e. The van der Waals surface area contributed by atoms with E-state index < -0.39 is 15.8 Å². The van der Waals surface area contributed by atoms with Crippen LogP contribution in [0.5, 0.6) is 0 Å². The number of hydrogen-bond acceptors (Lipinski definition) is 3. The Morgan fingerprint density at radius 1 is 1.33 bits per heavy atom. The topological polar surface area (TPSA) is 87.2 Å². The molecule has 0 fully saturated rings. The molecule has 0 aliphatic rings. The van der Waals surface area contributed by atoms with Crippen LogP contribution < -0.4 is 0 Å². The number of aryl methyl sites for hydroxylation is 1. The van der Waals surface area contributed by atoms with E-state index in [-0.39, 0.29) is 17.1 Å². The van der Waals surface area contributed by atoms with Gasteiger partial charge in [-0.2, -0.15) is 0 Å². The second-order valence-electron chi connectivity index (χ2n) is 4.09. The summed E-state index contributed by atoms with van der Waals surface area (Å²) in [6.45, 7) is 1.67. The van der Waals surface area contributed by atoms with Gasteiger partial charge in [0.25, 0.3) is 0 Å². The number of H-pyrrole nitrogens is 1. The predicted octanol–water partition coefficient (Wildman–Crippen LogP) is 1.72. The number of aromatic nitrogens is 1. The number of hydrogen-bond donors (Lipinski definition) is 2. The number of fused-ring (bicyclic) bond motifs is 1. The van der Waals surface area contributed by atoms with Crippen LogP contribution in [0.2, 0.25) is 0 Å². The number of carboxylic acid groups (broad SMARTS) is 1. The molecule has 0 aliphatic heterocycles. The summed E-state index contributed by atoms with van der Waals surface area (Å²) in [6, 6.07) is 7.07. The lowest BCUT2D eigenvalue weighted by atomic mass is 10.2. The number of aliphatic carboxylic acids is 1. The second-order valence-corrected chi connectivity index (χ2v) is 6.13. The van der Waals surface area contributed by atoms with E-state index in [1.54, 1.807) is 25.1 Å². The summed E-state index contributed by atoms with van der Waals surface area (Å²) in [5, 5.41) is 9.20. The van der Waals surface area contributed by atoms with Crippen LogP contribution in [0.25, 0.3) is 10.9 Å². The number of carboxylic acids is 1. The predicted molar refractivity (Wildman–Crippen MR) is 67.3 cm³/mol. The van der Waals surface area contributed by atoms with Crippen molar-refractivity contribution in [2.45, 2.75) is 18.2 Å². The monoisotopic (exact) mass is 267 g/mol. The largest absolute Gasteiger partial charge is 0.481 e. The molecule has 1 aromatic heterocycles. The fourth-order valence-corrected chi connectivity index (χ4v) is 3.65. The van der Waals surface area contributed by atoms with E-state index in [0.29, 0.717) is 11.1 Å². The number of nitrogens with one attached hydrogen (secondary N) is 1. The number of carbonyl (C=O) groups is 1. The SMILES string of the molecule is Cc1[nH]c2ccccc2c1S(=O)(=O)CCC(=O)O. The number of sulfone groups is 1. The summed E-state index contributed by atoms with van der Waals surface area (Å²) in [5.74, 6) is -1.50. The molecule has 2 aromatic rings. The van der Waals surface area contributed by atoms with Crippen LogP contribution in [0.3, 0.4) is 0 Å². The Morgan fingerprint density at radius 2 is 2.00 bits per heavy atom. The van der Waals surface area contributed by atoms with Gasteiger partial charge in [0.05, 0.1) is 17.1 Å².